The van der Waals surface area contributed by atoms with E-state index in [-0.39, 0.29) is 6.73 Å². The van der Waals surface area contributed by atoms with Gasteiger partial charge in [-0.3, -0.25) is 5.32 Å². The second-order valence-electron chi connectivity index (χ2n) is 3.24. The van der Waals surface area contributed by atoms with Crippen molar-refractivity contribution >= 4 is 0 Å². The maximum Gasteiger partial charge on any atom is 0.0933 e. The Balaban J connectivity index is 2.11. The average molecular weight is 163 g/mol. The summed E-state index contributed by atoms with van der Waals surface area (Å²) in [5.74, 6) is 0. The van der Waals surface area contributed by atoms with Crippen LogP contribution >= 0.6 is 0 Å². The summed E-state index contributed by atoms with van der Waals surface area (Å²) in [7, 11) is 0. The van der Waals surface area contributed by atoms with Crippen molar-refractivity contribution in [3.63, 3.8) is 0 Å². The zero-order valence-corrected chi connectivity index (χ0v) is 6.96. The molecule has 0 fully saturated rings. The Hall–Kier alpha value is -0.860. The van der Waals surface area contributed by atoms with E-state index in [1.165, 1.54) is 11.1 Å². The Bertz CT molecular complexity index is 247. The predicted octanol–water partition coefficient (Wildman–Crippen LogP) is 0.693. The highest BCUT2D eigenvalue weighted by atomic mass is 16.3. The maximum absolute atomic E-state index is 8.69. The molecule has 12 heavy (non-hydrogen) atoms. The lowest BCUT2D eigenvalue weighted by Crippen LogP contribution is -2.30. The SMILES string of the molecule is OCNC1Cc2ccccc2C1. The summed E-state index contributed by atoms with van der Waals surface area (Å²) in [4.78, 5) is 0. The van der Waals surface area contributed by atoms with Gasteiger partial charge in [0.2, 0.25) is 0 Å². The molecule has 2 N–H and O–H groups in total. The Morgan fingerprint density at radius 3 is 2.33 bits per heavy atom. The van der Waals surface area contributed by atoms with Crippen molar-refractivity contribution < 1.29 is 5.11 Å². The molecule has 0 amide bonds. The number of nitrogens with one attached hydrogen (secondary N) is 1. The minimum Gasteiger partial charge on any atom is -0.381 e. The van der Waals surface area contributed by atoms with Gasteiger partial charge in [-0.05, 0) is 24.0 Å². The van der Waals surface area contributed by atoms with E-state index < -0.39 is 0 Å². The van der Waals surface area contributed by atoms with E-state index in [0.717, 1.165) is 12.8 Å². The van der Waals surface area contributed by atoms with Gasteiger partial charge in [-0.1, -0.05) is 24.3 Å². The molecule has 0 bridgehead atoms. The fourth-order valence-corrected chi connectivity index (χ4v) is 1.83. The standard InChI is InChI=1S/C10H13NO/c12-7-11-10-5-8-3-1-2-4-9(8)6-10/h1-4,10-12H,5-7H2. The molecule has 0 saturated heterocycles. The van der Waals surface area contributed by atoms with Crippen molar-refractivity contribution in [3.05, 3.63) is 35.4 Å². The fraction of sp³-hybridized carbons (Fsp3) is 0.400. The molecule has 2 heteroatoms. The van der Waals surface area contributed by atoms with Crippen LogP contribution < -0.4 is 5.32 Å². The smallest absolute Gasteiger partial charge is 0.0933 e. The van der Waals surface area contributed by atoms with Gasteiger partial charge in [-0.25, -0.2) is 0 Å². The number of aliphatic hydroxyl groups excluding tert-OH is 1. The molecule has 64 valence electrons. The van der Waals surface area contributed by atoms with Crippen LogP contribution in [0.5, 0.6) is 0 Å². The second-order valence-corrected chi connectivity index (χ2v) is 3.24. The largest absolute Gasteiger partial charge is 0.381 e. The summed E-state index contributed by atoms with van der Waals surface area (Å²) in [6, 6.07) is 8.90. The van der Waals surface area contributed by atoms with Gasteiger partial charge >= 0.3 is 0 Å². The summed E-state index contributed by atoms with van der Waals surface area (Å²) in [6.45, 7) is 0.0820. The lowest BCUT2D eigenvalue weighted by atomic mass is 10.1. The Labute approximate surface area is 72.2 Å². The molecule has 0 aliphatic heterocycles. The maximum atomic E-state index is 8.69. The van der Waals surface area contributed by atoms with Crippen LogP contribution in [-0.4, -0.2) is 17.9 Å². The third kappa shape index (κ3) is 1.36. The first-order chi connectivity index (χ1) is 5.90. The Kier molecular flexibility index (Phi) is 2.11. The third-order valence-corrected chi connectivity index (χ3v) is 2.43. The lowest BCUT2D eigenvalue weighted by Gasteiger charge is -2.07. The van der Waals surface area contributed by atoms with Crippen LogP contribution in [0.2, 0.25) is 0 Å². The predicted molar refractivity (Wildman–Crippen MR) is 47.9 cm³/mol. The van der Waals surface area contributed by atoms with E-state index >= 15 is 0 Å². The highest BCUT2D eigenvalue weighted by molar-refractivity contribution is 5.33. The average Bonchev–Trinajstić information content (AvgIpc) is 2.47. The van der Waals surface area contributed by atoms with Gasteiger partial charge in [0.25, 0.3) is 0 Å². The first kappa shape index (κ1) is 7.77. The summed E-state index contributed by atoms with van der Waals surface area (Å²) in [5.41, 5.74) is 2.84. The summed E-state index contributed by atoms with van der Waals surface area (Å²) in [6.07, 6.45) is 2.10. The Morgan fingerprint density at radius 1 is 1.25 bits per heavy atom. The zero-order valence-electron chi connectivity index (χ0n) is 6.96. The molecule has 1 aromatic rings. The molecule has 0 aromatic heterocycles. The van der Waals surface area contributed by atoms with Crippen molar-refractivity contribution in [2.75, 3.05) is 6.73 Å². The highest BCUT2D eigenvalue weighted by Crippen LogP contribution is 2.21. The number of aliphatic hydroxyl groups is 1. The quantitative estimate of drug-likeness (QED) is 0.629. The van der Waals surface area contributed by atoms with Crippen molar-refractivity contribution in [1.29, 1.82) is 0 Å². The molecule has 0 saturated carbocycles. The molecular formula is C10H13NO. The van der Waals surface area contributed by atoms with Gasteiger partial charge in [0.1, 0.15) is 0 Å². The molecule has 0 unspecified atom stereocenters. The molecule has 0 radical (unpaired) electrons. The highest BCUT2D eigenvalue weighted by Gasteiger charge is 2.19. The van der Waals surface area contributed by atoms with Crippen LogP contribution in [0, 0.1) is 0 Å². The van der Waals surface area contributed by atoms with E-state index in [9.17, 15) is 0 Å². The van der Waals surface area contributed by atoms with Crippen LogP contribution in [-0.2, 0) is 12.8 Å². The van der Waals surface area contributed by atoms with Crippen molar-refractivity contribution in [3.8, 4) is 0 Å². The molecular weight excluding hydrogens is 150 g/mol. The second kappa shape index (κ2) is 3.25. The van der Waals surface area contributed by atoms with Crippen LogP contribution in [0.15, 0.2) is 24.3 Å². The molecule has 0 atom stereocenters. The zero-order chi connectivity index (χ0) is 8.39. The molecule has 0 heterocycles. The van der Waals surface area contributed by atoms with E-state index in [4.69, 9.17) is 5.11 Å². The van der Waals surface area contributed by atoms with Gasteiger partial charge < -0.3 is 5.11 Å². The van der Waals surface area contributed by atoms with E-state index in [1.54, 1.807) is 0 Å². The number of hydrogen-bond acceptors (Lipinski definition) is 2. The van der Waals surface area contributed by atoms with E-state index in [1.807, 2.05) is 0 Å². The normalized spacial score (nSPS) is 16.4. The number of hydrogen-bond donors (Lipinski definition) is 2. The number of rotatable bonds is 2. The van der Waals surface area contributed by atoms with Crippen molar-refractivity contribution in [2.45, 2.75) is 18.9 Å². The van der Waals surface area contributed by atoms with Crippen LogP contribution in [0.3, 0.4) is 0 Å². The van der Waals surface area contributed by atoms with Crippen LogP contribution in [0.25, 0.3) is 0 Å². The minimum absolute atomic E-state index is 0.0820. The van der Waals surface area contributed by atoms with E-state index in [0.29, 0.717) is 6.04 Å². The van der Waals surface area contributed by atoms with Crippen LogP contribution in [0.4, 0.5) is 0 Å². The summed E-state index contributed by atoms with van der Waals surface area (Å²) >= 11 is 0. The summed E-state index contributed by atoms with van der Waals surface area (Å²) < 4.78 is 0. The first-order valence-electron chi connectivity index (χ1n) is 4.31. The molecule has 2 nitrogen and oxygen atoms in total. The van der Waals surface area contributed by atoms with Gasteiger partial charge in [0.15, 0.2) is 0 Å². The van der Waals surface area contributed by atoms with Gasteiger partial charge in [-0.2, -0.15) is 0 Å². The molecule has 1 aliphatic carbocycles. The third-order valence-electron chi connectivity index (χ3n) is 2.43. The van der Waals surface area contributed by atoms with E-state index in [2.05, 4.69) is 29.6 Å². The number of fused-ring (bicyclic) bond motifs is 1. The molecule has 1 aliphatic rings. The Morgan fingerprint density at radius 2 is 1.83 bits per heavy atom. The molecule has 2 rings (SSSR count). The van der Waals surface area contributed by atoms with Crippen molar-refractivity contribution in [1.82, 2.24) is 5.32 Å². The lowest BCUT2D eigenvalue weighted by molar-refractivity contribution is 0.242. The van der Waals surface area contributed by atoms with Gasteiger partial charge in [-0.15, -0.1) is 0 Å². The molecule has 1 aromatic carbocycles. The van der Waals surface area contributed by atoms with Crippen LogP contribution in [0.1, 0.15) is 11.1 Å². The number of benzene rings is 1. The minimum atomic E-state index is 0.0820. The molecule has 0 spiro atoms. The topological polar surface area (TPSA) is 32.3 Å². The van der Waals surface area contributed by atoms with Gasteiger partial charge in [0, 0.05) is 6.04 Å². The summed E-state index contributed by atoms with van der Waals surface area (Å²) in [5, 5.41) is 11.7. The first-order valence-corrected chi connectivity index (χ1v) is 4.31. The van der Waals surface area contributed by atoms with Gasteiger partial charge in [0.05, 0.1) is 6.73 Å². The fourth-order valence-electron chi connectivity index (χ4n) is 1.83. The monoisotopic (exact) mass is 163 g/mol. The van der Waals surface area contributed by atoms with Crippen molar-refractivity contribution in [2.24, 2.45) is 0 Å².